The van der Waals surface area contributed by atoms with Crippen LogP contribution in [0.4, 0.5) is 0 Å². The van der Waals surface area contributed by atoms with Gasteiger partial charge in [0, 0.05) is 12.4 Å². The summed E-state index contributed by atoms with van der Waals surface area (Å²) in [5, 5.41) is 8.20. The Kier molecular flexibility index (Phi) is 4.53. The Morgan fingerprint density at radius 1 is 1.23 bits per heavy atom. The average Bonchev–Trinajstić information content (AvgIpc) is 3.01. The van der Waals surface area contributed by atoms with Crippen LogP contribution in [0.2, 0.25) is 0 Å². The van der Waals surface area contributed by atoms with Crippen LogP contribution in [0.1, 0.15) is 17.3 Å². The number of amides is 1. The third-order valence-electron chi connectivity index (χ3n) is 4.37. The van der Waals surface area contributed by atoms with Gasteiger partial charge in [0.1, 0.15) is 12.1 Å². The van der Waals surface area contributed by atoms with E-state index in [1.807, 2.05) is 43.4 Å². The van der Waals surface area contributed by atoms with Crippen LogP contribution in [0.5, 0.6) is 5.88 Å². The summed E-state index contributed by atoms with van der Waals surface area (Å²) in [6.45, 7) is 1.18. The molecule has 0 fully saturated rings. The second kappa shape index (κ2) is 7.13. The monoisotopic (exact) mass is 352 g/mol. The van der Waals surface area contributed by atoms with Crippen molar-refractivity contribution in [1.82, 2.24) is 20.1 Å². The van der Waals surface area contributed by atoms with Crippen molar-refractivity contribution < 1.29 is 14.3 Å². The van der Waals surface area contributed by atoms with Gasteiger partial charge in [0.05, 0.1) is 37.6 Å². The van der Waals surface area contributed by atoms with Crippen LogP contribution in [0.15, 0.2) is 42.6 Å². The summed E-state index contributed by atoms with van der Waals surface area (Å²) in [5.41, 5.74) is 2.48. The number of fused-ring (bicyclic) bond motifs is 4. The van der Waals surface area contributed by atoms with E-state index in [1.165, 1.54) is 0 Å². The Morgan fingerprint density at radius 2 is 2.08 bits per heavy atom. The maximum atomic E-state index is 12.6. The zero-order chi connectivity index (χ0) is 17.9. The van der Waals surface area contributed by atoms with Crippen LogP contribution in [0, 0.1) is 0 Å². The van der Waals surface area contributed by atoms with Crippen molar-refractivity contribution in [2.45, 2.75) is 12.5 Å². The first-order chi connectivity index (χ1) is 12.7. The number of hydrogen-bond donors (Lipinski definition) is 1. The molecule has 7 heteroatoms. The molecule has 4 rings (SSSR count). The van der Waals surface area contributed by atoms with E-state index in [0.29, 0.717) is 31.4 Å². The molecule has 1 aromatic carbocycles. The zero-order valence-corrected chi connectivity index (χ0v) is 14.5. The summed E-state index contributed by atoms with van der Waals surface area (Å²) >= 11 is 0. The molecule has 3 heterocycles. The van der Waals surface area contributed by atoms with E-state index < -0.39 is 0 Å². The highest BCUT2D eigenvalue weighted by Crippen LogP contribution is 2.25. The van der Waals surface area contributed by atoms with Crippen LogP contribution in [0.25, 0.3) is 10.9 Å². The lowest BCUT2D eigenvalue weighted by Gasteiger charge is -2.20. The molecule has 7 nitrogen and oxygen atoms in total. The normalized spacial score (nSPS) is 18.5. The number of nitrogens with one attached hydrogen (secondary N) is 1. The Balaban J connectivity index is 1.64. The van der Waals surface area contributed by atoms with Gasteiger partial charge in [-0.25, -0.2) is 4.98 Å². The summed E-state index contributed by atoms with van der Waals surface area (Å²) < 4.78 is 13.3. The molecule has 26 heavy (non-hydrogen) atoms. The van der Waals surface area contributed by atoms with Crippen LogP contribution < -0.4 is 10.1 Å². The largest absolute Gasteiger partial charge is 0.474 e. The van der Waals surface area contributed by atoms with Gasteiger partial charge < -0.3 is 14.8 Å². The summed E-state index contributed by atoms with van der Waals surface area (Å²) in [4.78, 5) is 17.1. The number of aryl methyl sites for hydroxylation is 1. The number of hydrogen-bond acceptors (Lipinski definition) is 5. The minimum Gasteiger partial charge on any atom is -0.474 e. The van der Waals surface area contributed by atoms with Crippen LogP contribution in [0.3, 0.4) is 0 Å². The van der Waals surface area contributed by atoms with Crippen molar-refractivity contribution >= 4 is 16.8 Å². The molecule has 0 saturated heterocycles. The predicted molar refractivity (Wildman–Crippen MR) is 95.9 cm³/mol. The Bertz CT molecular complexity index is 923. The topological polar surface area (TPSA) is 78.3 Å². The van der Waals surface area contributed by atoms with Crippen LogP contribution in [-0.4, -0.2) is 40.5 Å². The first kappa shape index (κ1) is 16.5. The summed E-state index contributed by atoms with van der Waals surface area (Å²) in [6, 6.07) is 11.5. The standard InChI is InChI=1S/C19H20N4O3/c1-23-18-14(11-20-23)9-15-10-17(24)22-16(13-5-3-2-4-6-13)12-25-7-8-26-19(18)21-15/h2-6,9,11,16H,7-8,10,12H2,1H3,(H,22,24)/t16-/m1/s1. The Morgan fingerprint density at radius 3 is 2.92 bits per heavy atom. The van der Waals surface area contributed by atoms with E-state index in [4.69, 9.17) is 9.47 Å². The molecule has 0 saturated carbocycles. The van der Waals surface area contributed by atoms with Gasteiger partial charge in [-0.3, -0.25) is 9.48 Å². The molecule has 1 atom stereocenters. The Hall–Kier alpha value is -2.93. The van der Waals surface area contributed by atoms with Gasteiger partial charge in [-0.2, -0.15) is 5.10 Å². The SMILES string of the molecule is Cn1ncc2cc3nc(c21)OCCOC[C@H](c1ccccc1)NC(=O)C3. The van der Waals surface area contributed by atoms with Gasteiger partial charge in [-0.1, -0.05) is 30.3 Å². The molecule has 1 amide bonds. The fourth-order valence-corrected chi connectivity index (χ4v) is 3.12. The molecular formula is C19H20N4O3. The van der Waals surface area contributed by atoms with Crippen molar-refractivity contribution in [3.63, 3.8) is 0 Å². The molecule has 0 aliphatic carbocycles. The van der Waals surface area contributed by atoms with E-state index in [0.717, 1.165) is 16.5 Å². The number of ether oxygens (including phenoxy) is 2. The second-order valence-corrected chi connectivity index (χ2v) is 6.26. The van der Waals surface area contributed by atoms with Gasteiger partial charge in [0.2, 0.25) is 11.8 Å². The zero-order valence-electron chi connectivity index (χ0n) is 14.5. The smallest absolute Gasteiger partial charge is 0.240 e. The van der Waals surface area contributed by atoms with Gasteiger partial charge in [0.15, 0.2) is 0 Å². The lowest BCUT2D eigenvalue weighted by molar-refractivity contribution is -0.121. The number of pyridine rings is 1. The van der Waals surface area contributed by atoms with Gasteiger partial charge in [0.25, 0.3) is 0 Å². The number of rotatable bonds is 1. The molecule has 0 spiro atoms. The molecular weight excluding hydrogens is 332 g/mol. The average molecular weight is 352 g/mol. The van der Waals surface area contributed by atoms with E-state index in [9.17, 15) is 4.79 Å². The predicted octanol–water partition coefficient (Wildman–Crippen LogP) is 1.78. The summed E-state index contributed by atoms with van der Waals surface area (Å²) in [5.74, 6) is 0.374. The van der Waals surface area contributed by atoms with Crippen molar-refractivity contribution in [3.05, 3.63) is 53.9 Å². The fraction of sp³-hybridized carbons (Fsp3) is 0.316. The lowest BCUT2D eigenvalue weighted by Crippen LogP contribution is -2.33. The third-order valence-corrected chi connectivity index (χ3v) is 4.37. The van der Waals surface area contributed by atoms with Crippen molar-refractivity contribution in [2.24, 2.45) is 7.05 Å². The van der Waals surface area contributed by atoms with Crippen molar-refractivity contribution in [3.8, 4) is 5.88 Å². The maximum Gasteiger partial charge on any atom is 0.240 e. The molecule has 2 bridgehead atoms. The van der Waals surface area contributed by atoms with Crippen LogP contribution >= 0.6 is 0 Å². The molecule has 2 aromatic heterocycles. The molecule has 3 aromatic rings. The number of carbonyl (C=O) groups excluding carboxylic acids is 1. The molecule has 134 valence electrons. The highest BCUT2D eigenvalue weighted by Gasteiger charge is 2.19. The number of carbonyl (C=O) groups is 1. The molecule has 1 N–H and O–H groups in total. The van der Waals surface area contributed by atoms with E-state index in [1.54, 1.807) is 10.9 Å². The summed E-state index contributed by atoms with van der Waals surface area (Å²) in [6.07, 6.45) is 1.92. The molecule has 1 aliphatic rings. The molecule has 0 unspecified atom stereocenters. The fourth-order valence-electron chi connectivity index (χ4n) is 3.12. The quantitative estimate of drug-likeness (QED) is 0.722. The number of aromatic nitrogens is 3. The highest BCUT2D eigenvalue weighted by molar-refractivity contribution is 5.85. The van der Waals surface area contributed by atoms with E-state index >= 15 is 0 Å². The Labute approximate surface area is 150 Å². The van der Waals surface area contributed by atoms with E-state index in [-0.39, 0.29) is 18.4 Å². The first-order valence-electron chi connectivity index (χ1n) is 8.57. The minimum atomic E-state index is -0.204. The maximum absolute atomic E-state index is 12.6. The summed E-state index contributed by atoms with van der Waals surface area (Å²) in [7, 11) is 1.84. The number of benzene rings is 1. The third kappa shape index (κ3) is 3.39. The second-order valence-electron chi connectivity index (χ2n) is 6.26. The molecule has 0 radical (unpaired) electrons. The van der Waals surface area contributed by atoms with Crippen LogP contribution in [-0.2, 0) is 23.0 Å². The highest BCUT2D eigenvalue weighted by atomic mass is 16.5. The van der Waals surface area contributed by atoms with Gasteiger partial charge >= 0.3 is 0 Å². The van der Waals surface area contributed by atoms with Gasteiger partial charge in [-0.05, 0) is 11.6 Å². The molecule has 1 aliphatic heterocycles. The van der Waals surface area contributed by atoms with E-state index in [2.05, 4.69) is 15.4 Å². The first-order valence-corrected chi connectivity index (χ1v) is 8.57. The lowest BCUT2D eigenvalue weighted by atomic mass is 10.1. The number of nitrogens with zero attached hydrogens (tertiary/aromatic N) is 3. The van der Waals surface area contributed by atoms with Gasteiger partial charge in [-0.15, -0.1) is 0 Å². The van der Waals surface area contributed by atoms with Crippen molar-refractivity contribution in [2.75, 3.05) is 19.8 Å². The minimum absolute atomic E-state index is 0.107. The van der Waals surface area contributed by atoms with Crippen molar-refractivity contribution in [1.29, 1.82) is 0 Å².